The number of halogens is 1. The van der Waals surface area contributed by atoms with Gasteiger partial charge in [-0.25, -0.2) is 0 Å². The molecule has 1 rings (SSSR count). The molecule has 0 N–H and O–H groups in total. The van der Waals surface area contributed by atoms with E-state index in [9.17, 15) is 4.79 Å². The first-order valence-corrected chi connectivity index (χ1v) is 6.23. The summed E-state index contributed by atoms with van der Waals surface area (Å²) in [5.74, 6) is 0.161. The molecule has 0 aromatic rings. The number of carbonyl (C=O) groups is 1. The molecule has 0 aliphatic heterocycles. The first-order chi connectivity index (χ1) is 6.94. The van der Waals surface area contributed by atoms with Gasteiger partial charge < -0.3 is 4.74 Å². The topological polar surface area (TPSA) is 26.3 Å². The summed E-state index contributed by atoms with van der Waals surface area (Å²) in [5.41, 5.74) is 0.393. The van der Waals surface area contributed by atoms with Crippen LogP contribution in [-0.4, -0.2) is 18.0 Å². The van der Waals surface area contributed by atoms with Crippen molar-refractivity contribution >= 4 is 17.6 Å². The van der Waals surface area contributed by atoms with Crippen LogP contribution >= 0.6 is 11.6 Å². The van der Waals surface area contributed by atoms with Gasteiger partial charge in [-0.15, -0.1) is 11.6 Å². The number of hydrogen-bond acceptors (Lipinski definition) is 2. The zero-order valence-electron chi connectivity index (χ0n) is 9.88. The van der Waals surface area contributed by atoms with E-state index in [1.165, 1.54) is 19.3 Å². The number of esters is 1. The number of hydrogen-bond donors (Lipinski definition) is 0. The fraction of sp³-hybridized carbons (Fsp3) is 0.917. The summed E-state index contributed by atoms with van der Waals surface area (Å²) in [5, 5.41) is 0. The molecule has 15 heavy (non-hydrogen) atoms. The largest absolute Gasteiger partial charge is 0.461 e. The van der Waals surface area contributed by atoms with E-state index in [-0.39, 0.29) is 18.0 Å². The Morgan fingerprint density at radius 2 is 2.27 bits per heavy atom. The monoisotopic (exact) mass is 232 g/mol. The van der Waals surface area contributed by atoms with E-state index < -0.39 is 0 Å². The van der Waals surface area contributed by atoms with Gasteiger partial charge in [0.2, 0.25) is 0 Å². The average molecular weight is 233 g/mol. The van der Waals surface area contributed by atoms with Crippen molar-refractivity contribution in [2.75, 3.05) is 5.88 Å². The molecule has 88 valence electrons. The van der Waals surface area contributed by atoms with Crippen molar-refractivity contribution in [2.24, 2.45) is 11.3 Å². The van der Waals surface area contributed by atoms with Gasteiger partial charge in [-0.1, -0.05) is 20.3 Å². The third-order valence-corrected chi connectivity index (χ3v) is 3.55. The highest BCUT2D eigenvalue weighted by Crippen LogP contribution is 2.40. The highest BCUT2D eigenvalue weighted by Gasteiger charge is 2.32. The molecule has 2 nitrogen and oxygen atoms in total. The van der Waals surface area contributed by atoms with Gasteiger partial charge in [-0.2, -0.15) is 0 Å². The van der Waals surface area contributed by atoms with Gasteiger partial charge in [0.05, 0.1) is 0 Å². The third-order valence-electron chi connectivity index (χ3n) is 3.33. The molecule has 0 bridgehead atoms. The summed E-state index contributed by atoms with van der Waals surface area (Å²) in [6.45, 7) is 6.56. The normalized spacial score (nSPS) is 27.1. The van der Waals surface area contributed by atoms with Gasteiger partial charge in [-0.3, -0.25) is 4.79 Å². The maximum Gasteiger partial charge on any atom is 0.321 e. The van der Waals surface area contributed by atoms with Gasteiger partial charge in [0, 0.05) is 0 Å². The van der Waals surface area contributed by atoms with Crippen molar-refractivity contribution in [3.05, 3.63) is 0 Å². The Labute approximate surface area is 97.3 Å². The number of ether oxygens (including phenoxy) is 1. The molecular formula is C12H21ClO2. The first-order valence-electron chi connectivity index (χ1n) is 5.70. The highest BCUT2D eigenvalue weighted by atomic mass is 35.5. The molecule has 0 aromatic carbocycles. The zero-order chi connectivity index (χ0) is 11.5. The smallest absolute Gasteiger partial charge is 0.321 e. The predicted octanol–water partition coefficient (Wildman–Crippen LogP) is 3.37. The minimum absolute atomic E-state index is 0.0100. The van der Waals surface area contributed by atoms with Crippen molar-refractivity contribution in [3.8, 4) is 0 Å². The molecule has 1 saturated carbocycles. The Bertz CT molecular complexity index is 226. The van der Waals surface area contributed by atoms with Crippen LogP contribution in [0, 0.1) is 11.3 Å². The molecule has 0 amide bonds. The van der Waals surface area contributed by atoms with Crippen LogP contribution in [0.15, 0.2) is 0 Å². The van der Waals surface area contributed by atoms with Crippen LogP contribution in [-0.2, 0) is 9.53 Å². The quantitative estimate of drug-likeness (QED) is 0.551. The van der Waals surface area contributed by atoms with Crippen LogP contribution in [0.3, 0.4) is 0 Å². The SMILES string of the molecule is CC(OC(=O)CCl)C1CCCC(C)(C)C1. The number of carbonyl (C=O) groups excluding carboxylic acids is 1. The zero-order valence-corrected chi connectivity index (χ0v) is 10.6. The second-order valence-corrected chi connectivity index (χ2v) is 5.62. The lowest BCUT2D eigenvalue weighted by atomic mass is 9.71. The van der Waals surface area contributed by atoms with E-state index in [2.05, 4.69) is 13.8 Å². The minimum atomic E-state index is -0.299. The summed E-state index contributed by atoms with van der Waals surface area (Å²) in [6, 6.07) is 0. The Hall–Kier alpha value is -0.240. The fourth-order valence-corrected chi connectivity index (χ4v) is 2.56. The van der Waals surface area contributed by atoms with Crippen LogP contribution in [0.1, 0.15) is 46.5 Å². The maximum absolute atomic E-state index is 11.1. The minimum Gasteiger partial charge on any atom is -0.461 e. The van der Waals surface area contributed by atoms with Gasteiger partial charge >= 0.3 is 5.97 Å². The van der Waals surface area contributed by atoms with Crippen LogP contribution in [0.5, 0.6) is 0 Å². The van der Waals surface area contributed by atoms with Crippen molar-refractivity contribution in [1.29, 1.82) is 0 Å². The second kappa shape index (κ2) is 5.20. The van der Waals surface area contributed by atoms with E-state index in [1.54, 1.807) is 0 Å². The molecule has 3 heteroatoms. The lowest BCUT2D eigenvalue weighted by Crippen LogP contribution is -2.32. The van der Waals surface area contributed by atoms with Crippen molar-refractivity contribution in [1.82, 2.24) is 0 Å². The van der Waals surface area contributed by atoms with Crippen molar-refractivity contribution in [2.45, 2.75) is 52.6 Å². The van der Waals surface area contributed by atoms with Crippen LogP contribution in [0.25, 0.3) is 0 Å². The van der Waals surface area contributed by atoms with Gasteiger partial charge in [-0.05, 0) is 37.5 Å². The summed E-state index contributed by atoms with van der Waals surface area (Å²) >= 11 is 5.42. The van der Waals surface area contributed by atoms with E-state index in [1.807, 2.05) is 6.92 Å². The van der Waals surface area contributed by atoms with Crippen LogP contribution < -0.4 is 0 Å². The molecule has 0 aromatic heterocycles. The molecule has 0 radical (unpaired) electrons. The van der Waals surface area contributed by atoms with E-state index in [4.69, 9.17) is 16.3 Å². The number of alkyl halides is 1. The first kappa shape index (κ1) is 12.8. The van der Waals surface area contributed by atoms with Gasteiger partial charge in [0.15, 0.2) is 0 Å². The molecule has 1 aliphatic carbocycles. The molecule has 2 unspecified atom stereocenters. The maximum atomic E-state index is 11.1. The molecular weight excluding hydrogens is 212 g/mol. The summed E-state index contributed by atoms with van der Waals surface area (Å²) in [4.78, 5) is 11.1. The van der Waals surface area contributed by atoms with E-state index >= 15 is 0 Å². The fourth-order valence-electron chi connectivity index (χ4n) is 2.49. The van der Waals surface area contributed by atoms with Crippen LogP contribution in [0.4, 0.5) is 0 Å². The molecule has 0 saturated heterocycles. The Morgan fingerprint density at radius 1 is 1.60 bits per heavy atom. The molecule has 0 heterocycles. The molecule has 1 aliphatic rings. The summed E-state index contributed by atoms with van der Waals surface area (Å²) in [7, 11) is 0. The summed E-state index contributed by atoms with van der Waals surface area (Å²) in [6.07, 6.45) is 4.83. The molecule has 1 fully saturated rings. The predicted molar refractivity (Wildman–Crippen MR) is 62.0 cm³/mol. The lowest BCUT2D eigenvalue weighted by Gasteiger charge is -2.37. The van der Waals surface area contributed by atoms with Gasteiger partial charge in [0.25, 0.3) is 0 Å². The van der Waals surface area contributed by atoms with E-state index in [0.29, 0.717) is 11.3 Å². The van der Waals surface area contributed by atoms with Crippen molar-refractivity contribution in [3.63, 3.8) is 0 Å². The summed E-state index contributed by atoms with van der Waals surface area (Å²) < 4.78 is 5.26. The average Bonchev–Trinajstić information content (AvgIpc) is 2.16. The Morgan fingerprint density at radius 3 is 2.80 bits per heavy atom. The molecule has 2 atom stereocenters. The van der Waals surface area contributed by atoms with E-state index in [0.717, 1.165) is 6.42 Å². The number of rotatable bonds is 3. The lowest BCUT2D eigenvalue weighted by molar-refractivity contribution is -0.149. The molecule has 0 spiro atoms. The Kier molecular flexibility index (Phi) is 4.45. The van der Waals surface area contributed by atoms with Crippen LogP contribution in [0.2, 0.25) is 0 Å². The standard InChI is InChI=1S/C12H21ClO2/c1-9(15-11(14)8-13)10-5-4-6-12(2,3)7-10/h9-10H,4-8H2,1-3H3. The third kappa shape index (κ3) is 4.02. The van der Waals surface area contributed by atoms with Crippen molar-refractivity contribution < 1.29 is 9.53 Å². The Balaban J connectivity index is 2.45. The highest BCUT2D eigenvalue weighted by molar-refractivity contribution is 6.26. The second-order valence-electron chi connectivity index (χ2n) is 5.35. The van der Waals surface area contributed by atoms with Gasteiger partial charge in [0.1, 0.15) is 12.0 Å².